The molecule has 0 aliphatic heterocycles. The second kappa shape index (κ2) is 5.47. The van der Waals surface area contributed by atoms with Gasteiger partial charge in [0.1, 0.15) is 5.82 Å². The van der Waals surface area contributed by atoms with Crippen LogP contribution in [0.3, 0.4) is 0 Å². The van der Waals surface area contributed by atoms with Crippen molar-refractivity contribution < 1.29 is 9.18 Å². The Bertz CT molecular complexity index is 411. The number of hydrogen-bond acceptors (Lipinski definition) is 2. The van der Waals surface area contributed by atoms with Crippen molar-refractivity contribution in [2.45, 2.75) is 31.3 Å². The van der Waals surface area contributed by atoms with Crippen molar-refractivity contribution in [2.24, 2.45) is 5.73 Å². The van der Waals surface area contributed by atoms with Crippen LogP contribution in [0.15, 0.2) is 24.3 Å². The summed E-state index contributed by atoms with van der Waals surface area (Å²) in [7, 11) is 0. The molecule has 3 N–H and O–H groups in total. The number of amides is 1. The van der Waals surface area contributed by atoms with E-state index >= 15 is 0 Å². The zero-order chi connectivity index (χ0) is 11.7. The standard InChI is InChI=1S/C12H15FN2O.ClH/c1-7(14)12(16)15-11-6-10(11)8-3-2-4-9(13)5-8;/h2-5,7,10-11H,6,14H2,1H3,(H,15,16);1H/t7-,10?,11?;/m1./s1. The molecule has 0 saturated heterocycles. The monoisotopic (exact) mass is 258 g/mol. The van der Waals surface area contributed by atoms with Crippen LogP contribution in [0.2, 0.25) is 0 Å². The molecule has 0 aromatic heterocycles. The molecule has 0 heterocycles. The first-order valence-electron chi connectivity index (χ1n) is 5.39. The predicted molar refractivity (Wildman–Crippen MR) is 66.6 cm³/mol. The minimum absolute atomic E-state index is 0. The summed E-state index contributed by atoms with van der Waals surface area (Å²) in [4.78, 5) is 11.3. The number of nitrogens with one attached hydrogen (secondary N) is 1. The van der Waals surface area contributed by atoms with E-state index in [9.17, 15) is 9.18 Å². The molecule has 1 amide bonds. The lowest BCUT2D eigenvalue weighted by molar-refractivity contribution is -0.122. The maximum Gasteiger partial charge on any atom is 0.236 e. The van der Waals surface area contributed by atoms with Crippen molar-refractivity contribution >= 4 is 18.3 Å². The average Bonchev–Trinajstić information content (AvgIpc) is 2.97. The van der Waals surface area contributed by atoms with E-state index in [1.54, 1.807) is 13.0 Å². The molecule has 17 heavy (non-hydrogen) atoms. The van der Waals surface area contributed by atoms with Crippen LogP contribution in [0.4, 0.5) is 4.39 Å². The SMILES string of the molecule is C[C@@H](N)C(=O)NC1CC1c1cccc(F)c1.Cl. The lowest BCUT2D eigenvalue weighted by Gasteiger charge is -2.07. The van der Waals surface area contributed by atoms with Gasteiger partial charge in [-0.1, -0.05) is 12.1 Å². The van der Waals surface area contributed by atoms with Gasteiger partial charge in [0.2, 0.25) is 5.91 Å². The van der Waals surface area contributed by atoms with E-state index in [4.69, 9.17) is 5.73 Å². The van der Waals surface area contributed by atoms with Crippen LogP contribution >= 0.6 is 12.4 Å². The maximum absolute atomic E-state index is 13.0. The largest absolute Gasteiger partial charge is 0.351 e. The van der Waals surface area contributed by atoms with Crippen LogP contribution in [-0.4, -0.2) is 18.0 Å². The summed E-state index contributed by atoms with van der Waals surface area (Å²) >= 11 is 0. The Labute approximate surface area is 106 Å². The lowest BCUT2D eigenvalue weighted by Crippen LogP contribution is -2.39. The van der Waals surface area contributed by atoms with Gasteiger partial charge >= 0.3 is 0 Å². The van der Waals surface area contributed by atoms with Crippen molar-refractivity contribution in [2.75, 3.05) is 0 Å². The summed E-state index contributed by atoms with van der Waals surface area (Å²) in [5.41, 5.74) is 6.39. The molecule has 2 unspecified atom stereocenters. The van der Waals surface area contributed by atoms with Gasteiger partial charge in [-0.25, -0.2) is 4.39 Å². The first-order chi connectivity index (χ1) is 7.58. The molecule has 0 spiro atoms. The predicted octanol–water partition coefficient (Wildman–Crippen LogP) is 1.57. The third kappa shape index (κ3) is 3.41. The molecule has 3 atom stereocenters. The molecule has 1 saturated carbocycles. The van der Waals surface area contributed by atoms with Gasteiger partial charge in [0.15, 0.2) is 0 Å². The summed E-state index contributed by atoms with van der Waals surface area (Å²) in [5, 5.41) is 2.83. The fourth-order valence-electron chi connectivity index (χ4n) is 1.77. The van der Waals surface area contributed by atoms with E-state index < -0.39 is 6.04 Å². The van der Waals surface area contributed by atoms with Crippen molar-refractivity contribution in [1.29, 1.82) is 0 Å². The number of rotatable bonds is 3. The zero-order valence-corrected chi connectivity index (χ0v) is 10.3. The van der Waals surface area contributed by atoms with E-state index in [1.807, 2.05) is 6.07 Å². The van der Waals surface area contributed by atoms with Crippen molar-refractivity contribution in [3.63, 3.8) is 0 Å². The third-order valence-electron chi connectivity index (χ3n) is 2.81. The highest BCUT2D eigenvalue weighted by Gasteiger charge is 2.39. The van der Waals surface area contributed by atoms with Crippen LogP contribution in [0.5, 0.6) is 0 Å². The first kappa shape index (κ1) is 13.9. The van der Waals surface area contributed by atoms with Crippen LogP contribution in [0.25, 0.3) is 0 Å². The Morgan fingerprint density at radius 3 is 2.88 bits per heavy atom. The highest BCUT2D eigenvalue weighted by Crippen LogP contribution is 2.40. The van der Waals surface area contributed by atoms with E-state index in [-0.39, 0.29) is 36.1 Å². The molecule has 3 nitrogen and oxygen atoms in total. The van der Waals surface area contributed by atoms with Gasteiger partial charge in [-0.2, -0.15) is 0 Å². The Morgan fingerprint density at radius 2 is 2.29 bits per heavy atom. The molecule has 1 aromatic carbocycles. The van der Waals surface area contributed by atoms with Crippen LogP contribution in [-0.2, 0) is 4.79 Å². The number of carbonyl (C=O) groups excluding carboxylic acids is 1. The quantitative estimate of drug-likeness (QED) is 0.865. The van der Waals surface area contributed by atoms with Gasteiger partial charge in [-0.3, -0.25) is 4.79 Å². The Kier molecular flexibility index (Phi) is 4.48. The van der Waals surface area contributed by atoms with Crippen molar-refractivity contribution in [3.8, 4) is 0 Å². The van der Waals surface area contributed by atoms with Crippen LogP contribution < -0.4 is 11.1 Å². The molecule has 0 radical (unpaired) electrons. The molecular weight excluding hydrogens is 243 g/mol. The summed E-state index contributed by atoms with van der Waals surface area (Å²) < 4.78 is 13.0. The number of hydrogen-bond donors (Lipinski definition) is 2. The molecule has 1 fully saturated rings. The molecule has 1 aliphatic rings. The number of nitrogens with two attached hydrogens (primary N) is 1. The van der Waals surface area contributed by atoms with Crippen LogP contribution in [0.1, 0.15) is 24.8 Å². The van der Waals surface area contributed by atoms with E-state index in [0.717, 1.165) is 12.0 Å². The second-order valence-corrected chi connectivity index (χ2v) is 4.30. The third-order valence-corrected chi connectivity index (χ3v) is 2.81. The topological polar surface area (TPSA) is 55.1 Å². The van der Waals surface area contributed by atoms with E-state index in [2.05, 4.69) is 5.32 Å². The van der Waals surface area contributed by atoms with Gasteiger partial charge in [0.25, 0.3) is 0 Å². The molecule has 0 bridgehead atoms. The van der Waals surface area contributed by atoms with Gasteiger partial charge in [-0.05, 0) is 31.0 Å². The fourth-order valence-corrected chi connectivity index (χ4v) is 1.77. The fraction of sp³-hybridized carbons (Fsp3) is 0.417. The summed E-state index contributed by atoms with van der Waals surface area (Å²) in [5.74, 6) is -0.149. The van der Waals surface area contributed by atoms with E-state index in [1.165, 1.54) is 12.1 Å². The minimum atomic E-state index is -0.492. The Balaban J connectivity index is 0.00000144. The normalized spacial score (nSPS) is 23.5. The van der Waals surface area contributed by atoms with Gasteiger partial charge in [-0.15, -0.1) is 12.4 Å². The molecule has 1 aliphatic carbocycles. The lowest BCUT2D eigenvalue weighted by atomic mass is 10.1. The van der Waals surface area contributed by atoms with Crippen molar-refractivity contribution in [1.82, 2.24) is 5.32 Å². The second-order valence-electron chi connectivity index (χ2n) is 4.30. The number of halogens is 2. The molecule has 2 rings (SSSR count). The Hall–Kier alpha value is -1.13. The van der Waals surface area contributed by atoms with Crippen LogP contribution in [0, 0.1) is 5.82 Å². The maximum atomic E-state index is 13.0. The van der Waals surface area contributed by atoms with Crippen molar-refractivity contribution in [3.05, 3.63) is 35.6 Å². The molecular formula is C12H16ClFN2O. The van der Waals surface area contributed by atoms with E-state index in [0.29, 0.717) is 0 Å². The van der Waals surface area contributed by atoms with Gasteiger partial charge in [0.05, 0.1) is 6.04 Å². The first-order valence-corrected chi connectivity index (χ1v) is 5.39. The smallest absolute Gasteiger partial charge is 0.236 e. The molecule has 1 aromatic rings. The highest BCUT2D eigenvalue weighted by atomic mass is 35.5. The molecule has 5 heteroatoms. The highest BCUT2D eigenvalue weighted by molar-refractivity contribution is 5.85. The van der Waals surface area contributed by atoms with Gasteiger partial charge in [0, 0.05) is 12.0 Å². The minimum Gasteiger partial charge on any atom is -0.351 e. The molecule has 94 valence electrons. The number of benzene rings is 1. The Morgan fingerprint density at radius 1 is 1.59 bits per heavy atom. The number of carbonyl (C=O) groups is 1. The zero-order valence-electron chi connectivity index (χ0n) is 9.52. The summed E-state index contributed by atoms with van der Waals surface area (Å²) in [6, 6.07) is 6.12. The van der Waals surface area contributed by atoms with Gasteiger partial charge < -0.3 is 11.1 Å². The summed E-state index contributed by atoms with van der Waals surface area (Å²) in [6.45, 7) is 1.65. The summed E-state index contributed by atoms with van der Waals surface area (Å²) in [6.07, 6.45) is 0.863. The average molecular weight is 259 g/mol.